The normalized spacial score (nSPS) is 13.6. The molecule has 0 N–H and O–H groups in total. The monoisotopic (exact) mass is 337 g/mol. The van der Waals surface area contributed by atoms with Crippen molar-refractivity contribution in [3.63, 3.8) is 0 Å². The second-order valence-corrected chi connectivity index (χ2v) is 5.24. The molecule has 3 nitrogen and oxygen atoms in total. The molecule has 1 heterocycles. The molecule has 0 amide bonds. The molecule has 2 rings (SSSR count). The van der Waals surface area contributed by atoms with Crippen LogP contribution in [0.4, 0.5) is 17.6 Å². The molecule has 0 aliphatic heterocycles. The Morgan fingerprint density at radius 1 is 1.32 bits per heavy atom. The number of benzene rings is 1. The molecule has 102 valence electrons. The summed E-state index contributed by atoms with van der Waals surface area (Å²) < 4.78 is 52.1. The average molecular weight is 338 g/mol. The summed E-state index contributed by atoms with van der Waals surface area (Å²) in [7, 11) is 0. The van der Waals surface area contributed by atoms with E-state index in [9.17, 15) is 17.6 Å². The van der Waals surface area contributed by atoms with Gasteiger partial charge in [-0.15, -0.1) is 5.10 Å². The Morgan fingerprint density at radius 2 is 2.00 bits per heavy atom. The molecule has 8 heteroatoms. The number of alkyl halides is 4. The quantitative estimate of drug-likeness (QED) is 0.615. The first-order chi connectivity index (χ1) is 8.79. The fourth-order valence-corrected chi connectivity index (χ4v) is 1.67. The van der Waals surface area contributed by atoms with E-state index >= 15 is 0 Å². The van der Waals surface area contributed by atoms with E-state index in [-0.39, 0.29) is 10.5 Å². The molecule has 1 aromatic heterocycles. The minimum absolute atomic E-state index is 0.0798. The van der Waals surface area contributed by atoms with Gasteiger partial charge in [0.1, 0.15) is 5.82 Å². The summed E-state index contributed by atoms with van der Waals surface area (Å²) in [6.45, 7) is 1.81. The molecule has 1 unspecified atom stereocenters. The molecular formula is C11H8BrF4N3. The third-order valence-electron chi connectivity index (χ3n) is 2.44. The van der Waals surface area contributed by atoms with Crippen molar-refractivity contribution in [3.8, 4) is 5.69 Å². The summed E-state index contributed by atoms with van der Waals surface area (Å²) in [6.07, 6.45) is -3.26. The molecule has 2 aromatic rings. The van der Waals surface area contributed by atoms with Crippen LogP contribution in [-0.4, -0.2) is 15.0 Å². The minimum atomic E-state index is -4.74. The highest BCUT2D eigenvalue weighted by molar-refractivity contribution is 9.09. The molecule has 1 aromatic carbocycles. The fraction of sp³-hybridized carbons (Fsp3) is 0.273. The van der Waals surface area contributed by atoms with Crippen molar-refractivity contribution in [3.05, 3.63) is 41.5 Å². The zero-order chi connectivity index (χ0) is 14.2. The Hall–Kier alpha value is -1.44. The lowest BCUT2D eigenvalue weighted by Crippen LogP contribution is -2.09. The molecule has 1 atom stereocenters. The second-order valence-electron chi connectivity index (χ2n) is 3.87. The van der Waals surface area contributed by atoms with E-state index in [0.717, 1.165) is 6.07 Å². The highest BCUT2D eigenvalue weighted by atomic mass is 79.9. The lowest BCUT2D eigenvalue weighted by atomic mass is 10.2. The average Bonchev–Trinajstić information content (AvgIpc) is 2.77. The Morgan fingerprint density at radius 3 is 2.53 bits per heavy atom. The highest BCUT2D eigenvalue weighted by Gasteiger charge is 2.34. The summed E-state index contributed by atoms with van der Waals surface area (Å²) in [6, 6.07) is 2.67. The van der Waals surface area contributed by atoms with E-state index < -0.39 is 17.6 Å². The van der Waals surface area contributed by atoms with Crippen molar-refractivity contribution in [2.24, 2.45) is 0 Å². The van der Waals surface area contributed by atoms with Crippen molar-refractivity contribution in [1.82, 2.24) is 15.0 Å². The Labute approximate surface area is 114 Å². The molecule has 0 saturated heterocycles. The van der Waals surface area contributed by atoms with Crippen LogP contribution in [0.3, 0.4) is 0 Å². The van der Waals surface area contributed by atoms with Gasteiger partial charge in [-0.1, -0.05) is 21.1 Å². The van der Waals surface area contributed by atoms with Gasteiger partial charge in [-0.3, -0.25) is 0 Å². The van der Waals surface area contributed by atoms with Gasteiger partial charge in [0.05, 0.1) is 28.0 Å². The highest BCUT2D eigenvalue weighted by Crippen LogP contribution is 2.32. The molecule has 0 spiro atoms. The number of aromatic nitrogens is 3. The van der Waals surface area contributed by atoms with Crippen LogP contribution in [0, 0.1) is 5.82 Å². The van der Waals surface area contributed by atoms with Gasteiger partial charge in [-0.25, -0.2) is 9.07 Å². The van der Waals surface area contributed by atoms with Crippen LogP contribution in [-0.2, 0) is 6.18 Å². The summed E-state index contributed by atoms with van der Waals surface area (Å²) in [5.74, 6) is -1.31. The number of nitrogens with zero attached hydrogens (tertiary/aromatic N) is 3. The summed E-state index contributed by atoms with van der Waals surface area (Å²) in [4.78, 5) is -0.0798. The summed E-state index contributed by atoms with van der Waals surface area (Å²) >= 11 is 3.27. The van der Waals surface area contributed by atoms with Crippen LogP contribution in [0.25, 0.3) is 5.69 Å². The minimum Gasteiger partial charge on any atom is -0.220 e. The number of hydrogen-bond donors (Lipinski definition) is 0. The van der Waals surface area contributed by atoms with Gasteiger partial charge in [0.15, 0.2) is 0 Å². The van der Waals surface area contributed by atoms with Crippen LogP contribution in [0.1, 0.15) is 23.0 Å². The molecule has 19 heavy (non-hydrogen) atoms. The Balaban J connectivity index is 2.45. The Bertz CT molecular complexity index is 592. The van der Waals surface area contributed by atoms with Gasteiger partial charge in [0.25, 0.3) is 0 Å². The smallest absolute Gasteiger partial charge is 0.220 e. The lowest BCUT2D eigenvalue weighted by molar-refractivity contribution is -0.140. The topological polar surface area (TPSA) is 30.7 Å². The van der Waals surface area contributed by atoms with Crippen LogP contribution < -0.4 is 0 Å². The van der Waals surface area contributed by atoms with Crippen molar-refractivity contribution in [1.29, 1.82) is 0 Å². The molecule has 0 fully saturated rings. The second kappa shape index (κ2) is 4.92. The van der Waals surface area contributed by atoms with Gasteiger partial charge in [-0.2, -0.15) is 13.2 Å². The van der Waals surface area contributed by atoms with Gasteiger partial charge < -0.3 is 0 Å². The zero-order valence-electron chi connectivity index (χ0n) is 9.62. The standard InChI is InChI=1S/C11H8BrF4N3/c1-6(12)10-5-19(18-17-10)7-2-3-9(13)8(4-7)11(14,15)16/h2-6H,1H3. The number of halogens is 5. The first kappa shape index (κ1) is 14.0. The molecular weight excluding hydrogens is 330 g/mol. The van der Waals surface area contributed by atoms with E-state index in [1.807, 2.05) is 0 Å². The number of rotatable bonds is 2. The van der Waals surface area contributed by atoms with E-state index in [4.69, 9.17) is 0 Å². The molecule has 0 bridgehead atoms. The maximum Gasteiger partial charge on any atom is 0.419 e. The van der Waals surface area contributed by atoms with Crippen molar-refractivity contribution in [2.75, 3.05) is 0 Å². The SMILES string of the molecule is CC(Br)c1cn(-c2ccc(F)c(C(F)(F)F)c2)nn1. The van der Waals surface area contributed by atoms with Crippen molar-refractivity contribution >= 4 is 15.9 Å². The number of hydrogen-bond acceptors (Lipinski definition) is 2. The first-order valence-corrected chi connectivity index (χ1v) is 6.14. The van der Waals surface area contributed by atoms with Crippen LogP contribution in [0.2, 0.25) is 0 Å². The zero-order valence-corrected chi connectivity index (χ0v) is 11.2. The first-order valence-electron chi connectivity index (χ1n) is 5.22. The third kappa shape index (κ3) is 2.94. The molecule has 0 aliphatic carbocycles. The maximum atomic E-state index is 13.1. The van der Waals surface area contributed by atoms with Crippen molar-refractivity contribution < 1.29 is 17.6 Å². The Kier molecular flexibility index (Phi) is 3.62. The van der Waals surface area contributed by atoms with E-state index in [2.05, 4.69) is 26.2 Å². The predicted octanol–water partition coefficient (Wildman–Crippen LogP) is 3.88. The van der Waals surface area contributed by atoms with Gasteiger partial charge in [0.2, 0.25) is 0 Å². The molecule has 0 aliphatic rings. The lowest BCUT2D eigenvalue weighted by Gasteiger charge is -2.09. The summed E-state index contributed by atoms with van der Waals surface area (Å²) in [5.41, 5.74) is -0.660. The van der Waals surface area contributed by atoms with Gasteiger partial charge in [0, 0.05) is 0 Å². The third-order valence-corrected chi connectivity index (χ3v) is 2.91. The van der Waals surface area contributed by atoms with Crippen LogP contribution >= 0.6 is 15.9 Å². The summed E-state index contributed by atoms with van der Waals surface area (Å²) in [5, 5.41) is 7.50. The maximum absolute atomic E-state index is 13.1. The predicted molar refractivity (Wildman–Crippen MR) is 63.7 cm³/mol. The van der Waals surface area contributed by atoms with E-state index in [0.29, 0.717) is 11.8 Å². The van der Waals surface area contributed by atoms with E-state index in [1.54, 1.807) is 6.92 Å². The van der Waals surface area contributed by atoms with Crippen LogP contribution in [0.5, 0.6) is 0 Å². The largest absolute Gasteiger partial charge is 0.419 e. The van der Waals surface area contributed by atoms with Crippen LogP contribution in [0.15, 0.2) is 24.4 Å². The fourth-order valence-electron chi connectivity index (χ4n) is 1.46. The van der Waals surface area contributed by atoms with Crippen molar-refractivity contribution in [2.45, 2.75) is 17.9 Å². The molecule has 0 saturated carbocycles. The molecule has 0 radical (unpaired) electrons. The van der Waals surface area contributed by atoms with Gasteiger partial charge >= 0.3 is 6.18 Å². The van der Waals surface area contributed by atoms with E-state index in [1.165, 1.54) is 16.9 Å². The van der Waals surface area contributed by atoms with Gasteiger partial charge in [-0.05, 0) is 25.1 Å².